The van der Waals surface area contributed by atoms with E-state index in [-0.39, 0.29) is 17.7 Å². The number of carbonyl (C=O) groups excluding carboxylic acids is 1. The highest BCUT2D eigenvalue weighted by Crippen LogP contribution is 2.36. The van der Waals surface area contributed by atoms with Crippen LogP contribution < -0.4 is 0 Å². The van der Waals surface area contributed by atoms with Crippen LogP contribution in [0, 0.1) is 16.5 Å². The van der Waals surface area contributed by atoms with Gasteiger partial charge in [0.05, 0.1) is 19.7 Å². The summed E-state index contributed by atoms with van der Waals surface area (Å²) in [4.78, 5) is 14.7. The molecule has 1 saturated heterocycles. The molecule has 1 aliphatic rings. The lowest BCUT2D eigenvalue weighted by atomic mass is 9.78. The average molecular weight is 497 g/mol. The van der Waals surface area contributed by atoms with Gasteiger partial charge in [-0.05, 0) is 67.1 Å². The third kappa shape index (κ3) is 6.44. The highest BCUT2D eigenvalue weighted by molar-refractivity contribution is 7.71. The summed E-state index contributed by atoms with van der Waals surface area (Å²) in [7, 11) is 1.97. The molecule has 0 radical (unpaired) electrons. The zero-order valence-corrected chi connectivity index (χ0v) is 21.2. The van der Waals surface area contributed by atoms with E-state index in [1.54, 1.807) is 12.1 Å². The molecule has 3 aromatic rings. The van der Waals surface area contributed by atoms with E-state index >= 15 is 0 Å². The van der Waals surface area contributed by atoms with Crippen molar-refractivity contribution in [3.8, 4) is 0 Å². The van der Waals surface area contributed by atoms with Crippen LogP contribution >= 0.6 is 12.2 Å². The van der Waals surface area contributed by atoms with E-state index < -0.39 is 0 Å². The fourth-order valence-corrected chi connectivity index (χ4v) is 5.11. The average Bonchev–Trinajstić information content (AvgIpc) is 3.12. The van der Waals surface area contributed by atoms with Crippen molar-refractivity contribution in [3.05, 3.63) is 82.1 Å². The van der Waals surface area contributed by atoms with E-state index in [1.165, 1.54) is 17.7 Å². The van der Waals surface area contributed by atoms with Crippen LogP contribution in [0.2, 0.25) is 0 Å². The molecule has 8 heteroatoms. The number of halogens is 1. The Morgan fingerprint density at radius 1 is 1.14 bits per heavy atom. The van der Waals surface area contributed by atoms with E-state index in [0.717, 1.165) is 43.7 Å². The lowest BCUT2D eigenvalue weighted by molar-refractivity contribution is -0.144. The van der Waals surface area contributed by atoms with Crippen molar-refractivity contribution >= 4 is 18.2 Å². The lowest BCUT2D eigenvalue weighted by Gasteiger charge is -2.36. The summed E-state index contributed by atoms with van der Waals surface area (Å²) >= 11 is 5.66. The van der Waals surface area contributed by atoms with Crippen molar-refractivity contribution in [3.63, 3.8) is 0 Å². The molecular weight excluding hydrogens is 463 g/mol. The van der Waals surface area contributed by atoms with Gasteiger partial charge in [-0.15, -0.1) is 0 Å². The molecule has 1 aromatic heterocycles. The number of ether oxygens (including phenoxy) is 1. The van der Waals surface area contributed by atoms with E-state index in [2.05, 4.69) is 17.0 Å². The highest BCUT2D eigenvalue weighted by Gasteiger charge is 2.30. The second kappa shape index (κ2) is 11.7. The molecule has 1 atom stereocenters. The van der Waals surface area contributed by atoms with Crippen LogP contribution in [0.15, 0.2) is 54.6 Å². The zero-order valence-electron chi connectivity index (χ0n) is 20.4. The van der Waals surface area contributed by atoms with Gasteiger partial charge in [0.2, 0.25) is 0 Å². The van der Waals surface area contributed by atoms with Gasteiger partial charge in [0, 0.05) is 26.6 Å². The van der Waals surface area contributed by atoms with Crippen LogP contribution in [0.5, 0.6) is 0 Å². The van der Waals surface area contributed by atoms with Crippen LogP contribution in [0.1, 0.15) is 49.1 Å². The Labute approximate surface area is 211 Å². The fraction of sp³-hybridized carbons (Fsp3) is 0.444. The summed E-state index contributed by atoms with van der Waals surface area (Å²) in [6.45, 7) is 4.60. The molecule has 6 nitrogen and oxygen atoms in total. The Hall–Kier alpha value is -2.84. The van der Waals surface area contributed by atoms with Gasteiger partial charge in [-0.25, -0.2) is 9.07 Å². The number of piperidine rings is 1. The van der Waals surface area contributed by atoms with E-state index in [1.807, 2.05) is 41.4 Å². The van der Waals surface area contributed by atoms with Gasteiger partial charge >= 0.3 is 5.97 Å². The summed E-state index contributed by atoms with van der Waals surface area (Å²) in [6.07, 6.45) is 2.94. The predicted octanol–water partition coefficient (Wildman–Crippen LogP) is 5.09. The maximum Gasteiger partial charge on any atom is 0.306 e. The van der Waals surface area contributed by atoms with Gasteiger partial charge in [0.15, 0.2) is 4.77 Å². The Kier molecular flexibility index (Phi) is 8.46. The van der Waals surface area contributed by atoms with Crippen LogP contribution in [0.25, 0.3) is 0 Å². The monoisotopic (exact) mass is 496 g/mol. The summed E-state index contributed by atoms with van der Waals surface area (Å²) < 4.78 is 23.3. The van der Waals surface area contributed by atoms with Crippen molar-refractivity contribution in [2.45, 2.75) is 45.2 Å². The SMILES string of the molecule is CCOC(=O)C[C@@H](c1ccc(F)cc1)C1CCN(Cn2nc(Cc3ccccc3)n(C)c2=S)CC1. The van der Waals surface area contributed by atoms with Crippen molar-refractivity contribution in [2.75, 3.05) is 19.7 Å². The predicted molar refractivity (Wildman–Crippen MR) is 136 cm³/mol. The molecule has 186 valence electrons. The van der Waals surface area contributed by atoms with Crippen molar-refractivity contribution < 1.29 is 13.9 Å². The van der Waals surface area contributed by atoms with E-state index in [9.17, 15) is 9.18 Å². The number of esters is 1. The molecule has 4 rings (SSSR count). The molecule has 0 unspecified atom stereocenters. The topological polar surface area (TPSA) is 52.3 Å². The first-order chi connectivity index (χ1) is 16.9. The Morgan fingerprint density at radius 2 is 1.83 bits per heavy atom. The molecule has 1 fully saturated rings. The number of benzene rings is 2. The number of rotatable bonds is 9. The lowest BCUT2D eigenvalue weighted by Crippen LogP contribution is -2.37. The summed E-state index contributed by atoms with van der Waals surface area (Å²) in [5.74, 6) is 0.826. The largest absolute Gasteiger partial charge is 0.466 e. The first-order valence-corrected chi connectivity index (χ1v) is 12.7. The van der Waals surface area contributed by atoms with Gasteiger partial charge in [-0.3, -0.25) is 9.69 Å². The van der Waals surface area contributed by atoms with Gasteiger partial charge < -0.3 is 9.30 Å². The molecule has 0 saturated carbocycles. The minimum atomic E-state index is -0.266. The smallest absolute Gasteiger partial charge is 0.306 e. The number of carbonyl (C=O) groups is 1. The summed E-state index contributed by atoms with van der Waals surface area (Å²) in [6, 6.07) is 16.8. The highest BCUT2D eigenvalue weighted by atomic mass is 32.1. The van der Waals surface area contributed by atoms with Gasteiger partial charge in [-0.1, -0.05) is 42.5 Å². The van der Waals surface area contributed by atoms with Gasteiger partial charge in [-0.2, -0.15) is 5.10 Å². The minimum Gasteiger partial charge on any atom is -0.466 e. The Bertz CT molecular complexity index is 1170. The van der Waals surface area contributed by atoms with Gasteiger partial charge in [0.25, 0.3) is 0 Å². The number of aromatic nitrogens is 3. The summed E-state index contributed by atoms with van der Waals surface area (Å²) in [5.41, 5.74) is 2.20. The third-order valence-electron chi connectivity index (χ3n) is 6.86. The second-order valence-corrected chi connectivity index (χ2v) is 9.55. The minimum absolute atomic E-state index is 0.0197. The standard InChI is InChI=1S/C27H33FN4O2S/c1-3-34-26(33)18-24(21-9-11-23(28)12-10-21)22-13-15-31(16-14-22)19-32-27(35)30(2)25(29-32)17-20-7-5-4-6-8-20/h4-12,22,24H,3,13-19H2,1-2H3/t24-/m0/s1. The fourth-order valence-electron chi connectivity index (χ4n) is 4.91. The number of likely N-dealkylation sites (tertiary alicyclic amines) is 1. The van der Waals surface area contributed by atoms with Gasteiger partial charge in [0.1, 0.15) is 11.6 Å². The number of hydrogen-bond donors (Lipinski definition) is 0. The maximum absolute atomic E-state index is 13.5. The molecule has 35 heavy (non-hydrogen) atoms. The molecule has 2 aromatic carbocycles. The van der Waals surface area contributed by atoms with Crippen LogP contribution in [-0.2, 0) is 29.7 Å². The van der Waals surface area contributed by atoms with Crippen molar-refractivity contribution in [1.82, 2.24) is 19.2 Å². The summed E-state index contributed by atoms with van der Waals surface area (Å²) in [5, 5.41) is 4.81. The Morgan fingerprint density at radius 3 is 2.49 bits per heavy atom. The third-order valence-corrected chi connectivity index (χ3v) is 7.35. The quantitative estimate of drug-likeness (QED) is 0.305. The molecule has 0 amide bonds. The molecule has 0 N–H and O–H groups in total. The second-order valence-electron chi connectivity index (χ2n) is 9.18. The normalized spacial score (nSPS) is 15.7. The van der Waals surface area contributed by atoms with Crippen molar-refractivity contribution in [1.29, 1.82) is 0 Å². The molecule has 0 bridgehead atoms. The molecule has 2 heterocycles. The Balaban J connectivity index is 1.41. The number of hydrogen-bond acceptors (Lipinski definition) is 5. The molecule has 0 spiro atoms. The van der Waals surface area contributed by atoms with Crippen molar-refractivity contribution in [2.24, 2.45) is 13.0 Å². The van der Waals surface area contributed by atoms with E-state index in [0.29, 0.717) is 30.4 Å². The first kappa shape index (κ1) is 25.3. The molecular formula is C27H33FN4O2S. The zero-order chi connectivity index (χ0) is 24.8. The maximum atomic E-state index is 13.5. The van der Waals surface area contributed by atoms with Crippen LogP contribution in [0.3, 0.4) is 0 Å². The molecule has 0 aliphatic carbocycles. The molecule has 1 aliphatic heterocycles. The first-order valence-electron chi connectivity index (χ1n) is 12.2. The van der Waals surface area contributed by atoms with Crippen LogP contribution in [-0.4, -0.2) is 44.9 Å². The van der Waals surface area contributed by atoms with Crippen LogP contribution in [0.4, 0.5) is 4.39 Å². The number of nitrogens with zero attached hydrogens (tertiary/aromatic N) is 4. The van der Waals surface area contributed by atoms with E-state index in [4.69, 9.17) is 22.1 Å².